The number of nitrogens with zero attached hydrogens (tertiary/aromatic N) is 5. The zero-order valence-corrected chi connectivity index (χ0v) is 23.7. The van der Waals surface area contributed by atoms with E-state index in [0.29, 0.717) is 43.8 Å². The van der Waals surface area contributed by atoms with E-state index in [1.165, 1.54) is 33.2 Å². The van der Waals surface area contributed by atoms with Crippen molar-refractivity contribution in [3.8, 4) is 5.75 Å². The molecular formula is C27H33F3N6O6. The maximum atomic E-state index is 14.1. The van der Waals surface area contributed by atoms with Crippen molar-refractivity contribution in [3.05, 3.63) is 30.0 Å². The van der Waals surface area contributed by atoms with Gasteiger partial charge >= 0.3 is 18.1 Å². The van der Waals surface area contributed by atoms with E-state index in [1.807, 2.05) is 6.07 Å². The monoisotopic (exact) mass is 594 g/mol. The van der Waals surface area contributed by atoms with Crippen molar-refractivity contribution in [1.82, 2.24) is 14.9 Å². The van der Waals surface area contributed by atoms with Crippen LogP contribution in [-0.4, -0.2) is 93.3 Å². The number of anilines is 4. The van der Waals surface area contributed by atoms with Gasteiger partial charge in [0, 0.05) is 64.1 Å². The van der Waals surface area contributed by atoms with Gasteiger partial charge in [-0.05, 0) is 18.6 Å². The number of halogens is 3. The SMILES string of the molecule is COC(=O)[C@@H]1C[C@H](C(=O)OC)CN(c2nc(Nc3ccc(N4CCN(C(C)=O)CC4)cc3OC)ncc2C(F)(F)F)C1. The van der Waals surface area contributed by atoms with Crippen molar-refractivity contribution in [1.29, 1.82) is 0 Å². The lowest BCUT2D eigenvalue weighted by Gasteiger charge is -2.37. The van der Waals surface area contributed by atoms with E-state index in [1.54, 1.807) is 17.0 Å². The Hall–Kier alpha value is -4.30. The number of ether oxygens (including phenoxy) is 3. The Morgan fingerprint density at radius 3 is 2.10 bits per heavy atom. The highest BCUT2D eigenvalue weighted by Gasteiger charge is 2.42. The second kappa shape index (κ2) is 12.7. The molecule has 3 heterocycles. The number of methoxy groups -OCH3 is 3. The van der Waals surface area contributed by atoms with Gasteiger partial charge in [-0.25, -0.2) is 4.98 Å². The molecule has 2 aromatic rings. The standard InChI is InChI=1S/C27H33F3N6O6/c1-16(37)34-7-9-35(10-8-34)19-5-6-21(22(12-19)40-2)32-26-31-13-20(27(28,29)30)23(33-26)36-14-17(24(38)41-3)11-18(15-36)25(39)42-4/h5-6,12-13,17-18H,7-11,14-15H2,1-4H3,(H,31,32,33)/t17-,18+. The maximum absolute atomic E-state index is 14.1. The Morgan fingerprint density at radius 2 is 1.57 bits per heavy atom. The number of esters is 2. The number of alkyl halides is 3. The summed E-state index contributed by atoms with van der Waals surface area (Å²) < 4.78 is 57.3. The molecule has 0 radical (unpaired) electrons. The van der Waals surface area contributed by atoms with Crippen LogP contribution in [0.3, 0.4) is 0 Å². The summed E-state index contributed by atoms with van der Waals surface area (Å²) in [5.41, 5.74) is 0.146. The molecular weight excluding hydrogens is 561 g/mol. The molecule has 0 spiro atoms. The molecule has 1 amide bonds. The number of nitrogens with one attached hydrogen (secondary N) is 1. The quantitative estimate of drug-likeness (QED) is 0.476. The number of hydrogen-bond acceptors (Lipinski definition) is 11. The first-order chi connectivity index (χ1) is 19.9. The highest BCUT2D eigenvalue weighted by Crippen LogP contribution is 2.39. The Bertz CT molecular complexity index is 1290. The first-order valence-corrected chi connectivity index (χ1v) is 13.3. The summed E-state index contributed by atoms with van der Waals surface area (Å²) in [6.07, 6.45) is -4.08. The highest BCUT2D eigenvalue weighted by molar-refractivity contribution is 5.78. The molecule has 2 aliphatic heterocycles. The smallest absolute Gasteiger partial charge is 0.421 e. The molecule has 0 saturated carbocycles. The van der Waals surface area contributed by atoms with Crippen LogP contribution in [0.1, 0.15) is 18.9 Å². The van der Waals surface area contributed by atoms with Gasteiger partial charge in [0.15, 0.2) is 0 Å². The third kappa shape index (κ3) is 6.77. The van der Waals surface area contributed by atoms with Crippen LogP contribution in [0.2, 0.25) is 0 Å². The summed E-state index contributed by atoms with van der Waals surface area (Å²) in [5.74, 6) is -3.25. The fourth-order valence-electron chi connectivity index (χ4n) is 5.20. The zero-order valence-electron chi connectivity index (χ0n) is 23.7. The predicted molar refractivity (Wildman–Crippen MR) is 146 cm³/mol. The summed E-state index contributed by atoms with van der Waals surface area (Å²) in [5, 5.41) is 2.93. The van der Waals surface area contributed by atoms with Crippen molar-refractivity contribution in [2.45, 2.75) is 19.5 Å². The van der Waals surface area contributed by atoms with Crippen LogP contribution in [0.25, 0.3) is 0 Å². The normalized spacial score (nSPS) is 19.3. The fourth-order valence-corrected chi connectivity index (χ4v) is 5.20. The van der Waals surface area contributed by atoms with E-state index in [9.17, 15) is 27.6 Å². The number of carbonyl (C=O) groups excluding carboxylic acids is 3. The number of piperazine rings is 1. The molecule has 0 unspecified atom stereocenters. The lowest BCUT2D eigenvalue weighted by molar-refractivity contribution is -0.150. The van der Waals surface area contributed by atoms with Crippen LogP contribution < -0.4 is 19.9 Å². The van der Waals surface area contributed by atoms with Gasteiger partial charge in [0.05, 0.1) is 38.9 Å². The minimum atomic E-state index is -4.81. The minimum absolute atomic E-state index is 0.0221. The first kappa shape index (κ1) is 30.7. The molecule has 1 aromatic heterocycles. The van der Waals surface area contributed by atoms with Crippen LogP contribution in [0.4, 0.5) is 36.3 Å². The third-order valence-electron chi connectivity index (χ3n) is 7.41. The predicted octanol–water partition coefficient (Wildman–Crippen LogP) is 2.70. The van der Waals surface area contributed by atoms with Gasteiger partial charge in [-0.2, -0.15) is 18.2 Å². The molecule has 2 aliphatic rings. The van der Waals surface area contributed by atoms with Crippen molar-refractivity contribution in [3.63, 3.8) is 0 Å². The first-order valence-electron chi connectivity index (χ1n) is 13.3. The number of rotatable bonds is 7. The molecule has 15 heteroatoms. The lowest BCUT2D eigenvalue weighted by Crippen LogP contribution is -2.48. The van der Waals surface area contributed by atoms with Gasteiger partial charge < -0.3 is 34.2 Å². The molecule has 0 aliphatic carbocycles. The lowest BCUT2D eigenvalue weighted by atomic mass is 9.89. The summed E-state index contributed by atoms with van der Waals surface area (Å²) in [6, 6.07) is 5.31. The van der Waals surface area contributed by atoms with E-state index < -0.39 is 41.3 Å². The number of carbonyl (C=O) groups is 3. The van der Waals surface area contributed by atoms with Crippen LogP contribution in [0, 0.1) is 11.8 Å². The molecule has 2 fully saturated rings. The summed E-state index contributed by atoms with van der Waals surface area (Å²) in [6.45, 7) is 3.69. The molecule has 2 atom stereocenters. The van der Waals surface area contributed by atoms with Crippen molar-refractivity contribution >= 4 is 41.0 Å². The van der Waals surface area contributed by atoms with Gasteiger partial charge in [-0.3, -0.25) is 14.4 Å². The third-order valence-corrected chi connectivity index (χ3v) is 7.41. The summed E-state index contributed by atoms with van der Waals surface area (Å²) >= 11 is 0. The second-order valence-electron chi connectivity index (χ2n) is 10.0. The van der Waals surface area contributed by atoms with Gasteiger partial charge in [0.25, 0.3) is 0 Å². The topological polar surface area (TPSA) is 126 Å². The van der Waals surface area contributed by atoms with Crippen LogP contribution in [0.5, 0.6) is 5.75 Å². The molecule has 0 bridgehead atoms. The van der Waals surface area contributed by atoms with E-state index in [-0.39, 0.29) is 31.4 Å². The number of benzene rings is 1. The second-order valence-corrected chi connectivity index (χ2v) is 10.0. The Morgan fingerprint density at radius 1 is 0.952 bits per heavy atom. The van der Waals surface area contributed by atoms with Crippen molar-refractivity contribution in [2.75, 3.05) is 75.7 Å². The number of hydrogen-bond donors (Lipinski definition) is 1. The average molecular weight is 595 g/mol. The molecule has 1 aromatic carbocycles. The Balaban J connectivity index is 1.63. The van der Waals surface area contributed by atoms with Crippen molar-refractivity contribution in [2.24, 2.45) is 11.8 Å². The maximum Gasteiger partial charge on any atom is 0.421 e. The molecule has 1 N–H and O–H groups in total. The fraction of sp³-hybridized carbons (Fsp3) is 0.519. The Labute approximate surface area is 240 Å². The van der Waals surface area contributed by atoms with Gasteiger partial charge in [0.1, 0.15) is 17.1 Å². The number of amides is 1. The van der Waals surface area contributed by atoms with Crippen LogP contribution in [-0.2, 0) is 30.0 Å². The number of aromatic nitrogens is 2. The van der Waals surface area contributed by atoms with Crippen molar-refractivity contribution < 1.29 is 41.8 Å². The molecule has 4 rings (SSSR count). The minimum Gasteiger partial charge on any atom is -0.494 e. The summed E-state index contributed by atoms with van der Waals surface area (Å²) in [7, 11) is 3.81. The molecule has 228 valence electrons. The van der Waals surface area contributed by atoms with Crippen LogP contribution >= 0.6 is 0 Å². The van der Waals surface area contributed by atoms with E-state index >= 15 is 0 Å². The van der Waals surface area contributed by atoms with E-state index in [0.717, 1.165) is 5.69 Å². The van der Waals surface area contributed by atoms with Crippen LogP contribution in [0.15, 0.2) is 24.4 Å². The van der Waals surface area contributed by atoms with Gasteiger partial charge in [0.2, 0.25) is 11.9 Å². The highest BCUT2D eigenvalue weighted by atomic mass is 19.4. The van der Waals surface area contributed by atoms with E-state index in [2.05, 4.69) is 20.2 Å². The molecule has 12 nitrogen and oxygen atoms in total. The molecule has 42 heavy (non-hydrogen) atoms. The molecule has 2 saturated heterocycles. The van der Waals surface area contributed by atoms with Gasteiger partial charge in [-0.1, -0.05) is 0 Å². The zero-order chi connectivity index (χ0) is 30.6. The Kier molecular flexibility index (Phi) is 9.27. The number of piperidine rings is 1. The van der Waals surface area contributed by atoms with E-state index in [4.69, 9.17) is 14.2 Å². The van der Waals surface area contributed by atoms with Gasteiger partial charge in [-0.15, -0.1) is 0 Å². The average Bonchev–Trinajstić information content (AvgIpc) is 2.99. The largest absolute Gasteiger partial charge is 0.494 e. The summed E-state index contributed by atoms with van der Waals surface area (Å²) in [4.78, 5) is 49.5.